The molecule has 0 unspecified atom stereocenters. The maximum Gasteiger partial charge on any atom is 0.234 e. The molecule has 0 aliphatic rings. The lowest BCUT2D eigenvalue weighted by molar-refractivity contribution is -0.122. The van der Waals surface area contributed by atoms with Gasteiger partial charge in [-0.3, -0.25) is 9.69 Å². The van der Waals surface area contributed by atoms with Crippen molar-refractivity contribution in [2.75, 3.05) is 20.2 Å². The van der Waals surface area contributed by atoms with Crippen LogP contribution >= 0.6 is 0 Å². The van der Waals surface area contributed by atoms with Crippen molar-refractivity contribution in [1.82, 2.24) is 4.90 Å². The van der Waals surface area contributed by atoms with E-state index < -0.39 is 0 Å². The summed E-state index contributed by atoms with van der Waals surface area (Å²) in [5.74, 6) is -0.232. The summed E-state index contributed by atoms with van der Waals surface area (Å²) in [6.07, 6.45) is 0. The van der Waals surface area contributed by atoms with E-state index in [4.69, 9.17) is 10.5 Å². The molecular formula is C12H17FN2O2. The number of nitrogens with two attached hydrogens (primary N) is 1. The van der Waals surface area contributed by atoms with Crippen LogP contribution in [0.2, 0.25) is 0 Å². The van der Waals surface area contributed by atoms with Gasteiger partial charge >= 0.3 is 0 Å². The Morgan fingerprint density at radius 3 is 2.88 bits per heavy atom. The number of amides is 1. The van der Waals surface area contributed by atoms with Crippen molar-refractivity contribution >= 4 is 5.91 Å². The minimum absolute atomic E-state index is 0.332. The fourth-order valence-electron chi connectivity index (χ4n) is 1.28. The molecule has 0 spiro atoms. The minimum Gasteiger partial charge on any atom is -0.492 e. The van der Waals surface area contributed by atoms with E-state index in [2.05, 4.69) is 0 Å². The number of nitrogens with zero attached hydrogens (tertiary/aromatic N) is 1. The molecule has 0 radical (unpaired) electrons. The third kappa shape index (κ3) is 4.40. The molecule has 0 aliphatic heterocycles. The lowest BCUT2D eigenvalue weighted by Gasteiger charge is -2.21. The second-order valence-electron chi connectivity index (χ2n) is 3.86. The molecular weight excluding hydrogens is 223 g/mol. The molecule has 0 heterocycles. The predicted molar refractivity (Wildman–Crippen MR) is 63.2 cm³/mol. The number of hydrogen-bond donors (Lipinski definition) is 1. The molecule has 5 heteroatoms. The molecule has 0 fully saturated rings. The SMILES string of the molecule is C[C@H](C(N)=O)N(C)CCOc1cccc(F)c1. The average Bonchev–Trinajstić information content (AvgIpc) is 2.27. The molecule has 94 valence electrons. The van der Waals surface area contributed by atoms with Crippen molar-refractivity contribution in [2.24, 2.45) is 5.73 Å². The van der Waals surface area contributed by atoms with E-state index >= 15 is 0 Å². The van der Waals surface area contributed by atoms with Crippen LogP contribution in [-0.4, -0.2) is 37.0 Å². The zero-order valence-corrected chi connectivity index (χ0v) is 10.0. The normalized spacial score (nSPS) is 12.5. The van der Waals surface area contributed by atoms with E-state index in [1.165, 1.54) is 12.1 Å². The van der Waals surface area contributed by atoms with Crippen LogP contribution in [0, 0.1) is 5.82 Å². The van der Waals surface area contributed by atoms with Gasteiger partial charge in [0.05, 0.1) is 6.04 Å². The number of likely N-dealkylation sites (N-methyl/N-ethyl adjacent to an activating group) is 1. The first-order valence-corrected chi connectivity index (χ1v) is 5.38. The van der Waals surface area contributed by atoms with Crippen molar-refractivity contribution in [3.8, 4) is 5.75 Å². The molecule has 1 aromatic rings. The fourth-order valence-corrected chi connectivity index (χ4v) is 1.28. The summed E-state index contributed by atoms with van der Waals surface area (Å²) in [5, 5.41) is 0. The molecule has 4 nitrogen and oxygen atoms in total. The lowest BCUT2D eigenvalue weighted by atomic mass is 10.3. The maximum atomic E-state index is 12.8. The zero-order valence-electron chi connectivity index (χ0n) is 10.0. The van der Waals surface area contributed by atoms with Crippen LogP contribution in [0.4, 0.5) is 4.39 Å². The number of halogens is 1. The summed E-state index contributed by atoms with van der Waals surface area (Å²) in [7, 11) is 1.78. The molecule has 0 aromatic heterocycles. The van der Waals surface area contributed by atoms with Crippen LogP contribution in [0.15, 0.2) is 24.3 Å². The minimum atomic E-state index is -0.377. The van der Waals surface area contributed by atoms with Crippen LogP contribution < -0.4 is 10.5 Å². The Bertz CT molecular complexity index is 385. The molecule has 1 aromatic carbocycles. The van der Waals surface area contributed by atoms with Crippen LogP contribution in [0.5, 0.6) is 5.75 Å². The number of rotatable bonds is 6. The Morgan fingerprint density at radius 2 is 2.29 bits per heavy atom. The van der Waals surface area contributed by atoms with E-state index in [0.29, 0.717) is 18.9 Å². The van der Waals surface area contributed by atoms with Crippen molar-refractivity contribution in [1.29, 1.82) is 0 Å². The third-order valence-corrected chi connectivity index (χ3v) is 2.58. The van der Waals surface area contributed by atoms with E-state index in [1.54, 1.807) is 31.0 Å². The fraction of sp³-hybridized carbons (Fsp3) is 0.417. The van der Waals surface area contributed by atoms with Gasteiger partial charge in [0.1, 0.15) is 18.2 Å². The Hall–Kier alpha value is -1.62. The van der Waals surface area contributed by atoms with Crippen molar-refractivity contribution in [3.05, 3.63) is 30.1 Å². The highest BCUT2D eigenvalue weighted by molar-refractivity contribution is 5.79. The first kappa shape index (κ1) is 13.4. The maximum absolute atomic E-state index is 12.8. The predicted octanol–water partition coefficient (Wildman–Crippen LogP) is 1.01. The van der Waals surface area contributed by atoms with E-state index in [1.807, 2.05) is 0 Å². The quantitative estimate of drug-likeness (QED) is 0.807. The summed E-state index contributed by atoms with van der Waals surface area (Å²) in [6, 6.07) is 5.60. The van der Waals surface area contributed by atoms with Gasteiger partial charge in [-0.1, -0.05) is 6.07 Å². The first-order valence-electron chi connectivity index (χ1n) is 5.38. The first-order chi connectivity index (χ1) is 8.00. The summed E-state index contributed by atoms with van der Waals surface area (Å²) >= 11 is 0. The summed E-state index contributed by atoms with van der Waals surface area (Å²) in [4.78, 5) is 12.7. The van der Waals surface area contributed by atoms with Crippen LogP contribution in [0.3, 0.4) is 0 Å². The number of hydrogen-bond acceptors (Lipinski definition) is 3. The molecule has 0 saturated heterocycles. The largest absolute Gasteiger partial charge is 0.492 e. The Kier molecular flexibility index (Phi) is 4.90. The number of carbonyl (C=O) groups excluding carboxylic acids is 1. The van der Waals surface area contributed by atoms with Crippen LogP contribution in [0.1, 0.15) is 6.92 Å². The Balaban J connectivity index is 2.35. The van der Waals surface area contributed by atoms with Gasteiger partial charge < -0.3 is 10.5 Å². The Morgan fingerprint density at radius 1 is 1.59 bits per heavy atom. The second-order valence-corrected chi connectivity index (χ2v) is 3.86. The molecule has 0 aliphatic carbocycles. The summed E-state index contributed by atoms with van der Waals surface area (Å²) in [5.41, 5.74) is 5.17. The highest BCUT2D eigenvalue weighted by atomic mass is 19.1. The number of benzene rings is 1. The lowest BCUT2D eigenvalue weighted by Crippen LogP contribution is -2.42. The smallest absolute Gasteiger partial charge is 0.234 e. The van der Waals surface area contributed by atoms with Crippen molar-refractivity contribution in [3.63, 3.8) is 0 Å². The highest BCUT2D eigenvalue weighted by Crippen LogP contribution is 2.11. The molecule has 1 atom stereocenters. The molecule has 17 heavy (non-hydrogen) atoms. The topological polar surface area (TPSA) is 55.6 Å². The van der Waals surface area contributed by atoms with Gasteiger partial charge in [-0.15, -0.1) is 0 Å². The third-order valence-electron chi connectivity index (χ3n) is 2.58. The summed E-state index contributed by atoms with van der Waals surface area (Å²) in [6.45, 7) is 2.64. The van der Waals surface area contributed by atoms with E-state index in [9.17, 15) is 9.18 Å². The second kappa shape index (κ2) is 6.20. The molecule has 1 rings (SSSR count). The average molecular weight is 240 g/mol. The van der Waals surface area contributed by atoms with Gasteiger partial charge in [0.2, 0.25) is 5.91 Å². The van der Waals surface area contributed by atoms with Gasteiger partial charge in [0, 0.05) is 12.6 Å². The monoisotopic (exact) mass is 240 g/mol. The van der Waals surface area contributed by atoms with Gasteiger partial charge in [-0.05, 0) is 26.1 Å². The van der Waals surface area contributed by atoms with Crippen LogP contribution in [-0.2, 0) is 4.79 Å². The van der Waals surface area contributed by atoms with Gasteiger partial charge in [0.15, 0.2) is 0 Å². The van der Waals surface area contributed by atoms with E-state index in [-0.39, 0.29) is 17.8 Å². The van der Waals surface area contributed by atoms with Crippen LogP contribution in [0.25, 0.3) is 0 Å². The summed E-state index contributed by atoms with van der Waals surface area (Å²) < 4.78 is 18.2. The number of carbonyl (C=O) groups is 1. The number of ether oxygens (including phenoxy) is 1. The van der Waals surface area contributed by atoms with E-state index in [0.717, 1.165) is 0 Å². The van der Waals surface area contributed by atoms with Gasteiger partial charge in [-0.2, -0.15) is 0 Å². The zero-order chi connectivity index (χ0) is 12.8. The Labute approximate surface area is 100 Å². The molecule has 1 amide bonds. The molecule has 0 saturated carbocycles. The highest BCUT2D eigenvalue weighted by Gasteiger charge is 2.14. The molecule has 2 N–H and O–H groups in total. The number of primary amides is 1. The van der Waals surface area contributed by atoms with Crippen molar-refractivity contribution < 1.29 is 13.9 Å². The van der Waals surface area contributed by atoms with Gasteiger partial charge in [-0.25, -0.2) is 4.39 Å². The van der Waals surface area contributed by atoms with Crippen molar-refractivity contribution in [2.45, 2.75) is 13.0 Å². The van der Waals surface area contributed by atoms with Gasteiger partial charge in [0.25, 0.3) is 0 Å². The molecule has 0 bridgehead atoms. The standard InChI is InChI=1S/C12H17FN2O2/c1-9(12(14)16)15(2)6-7-17-11-5-3-4-10(13)8-11/h3-5,8-9H,6-7H2,1-2H3,(H2,14,16)/t9-/m1/s1.